The summed E-state index contributed by atoms with van der Waals surface area (Å²) in [5.41, 5.74) is -0.402. The third-order valence-electron chi connectivity index (χ3n) is 2.92. The highest BCUT2D eigenvalue weighted by Crippen LogP contribution is 2.20. The van der Waals surface area contributed by atoms with E-state index >= 15 is 0 Å². The fourth-order valence-corrected chi connectivity index (χ4v) is 1.98. The highest BCUT2D eigenvalue weighted by molar-refractivity contribution is 5.68. The van der Waals surface area contributed by atoms with Gasteiger partial charge < -0.3 is 15.0 Å². The second kappa shape index (κ2) is 6.78. The lowest BCUT2D eigenvalue weighted by molar-refractivity contribution is 0.0197. The Balaban J connectivity index is 2.33. The zero-order valence-corrected chi connectivity index (χ0v) is 12.0. The number of allylic oxidation sites excluding steroid dienone is 1. The van der Waals surface area contributed by atoms with Crippen LogP contribution in [0.15, 0.2) is 12.2 Å². The summed E-state index contributed by atoms with van der Waals surface area (Å²) in [4.78, 5) is 13.7. The molecule has 1 saturated heterocycles. The molecule has 1 aliphatic heterocycles. The maximum Gasteiger partial charge on any atom is 0.410 e. The standard InChI is InChI=1S/C14H26N2O2/c1-14(2,3)18-13(17)16-10-7-12(8-11-16)6-5-9-15-4/h5-6,12,15H,7-11H2,1-4H3/b6-5+. The summed E-state index contributed by atoms with van der Waals surface area (Å²) in [6.07, 6.45) is 6.29. The van der Waals surface area contributed by atoms with Crippen LogP contribution >= 0.6 is 0 Å². The van der Waals surface area contributed by atoms with Gasteiger partial charge in [0.2, 0.25) is 0 Å². The lowest BCUT2D eigenvalue weighted by atomic mass is 9.96. The lowest BCUT2D eigenvalue weighted by Crippen LogP contribution is -2.41. The fraction of sp³-hybridized carbons (Fsp3) is 0.786. The Kier molecular flexibility index (Phi) is 5.66. The third-order valence-corrected chi connectivity index (χ3v) is 2.92. The van der Waals surface area contributed by atoms with Gasteiger partial charge >= 0.3 is 6.09 Å². The highest BCUT2D eigenvalue weighted by Gasteiger charge is 2.25. The van der Waals surface area contributed by atoms with Crippen molar-refractivity contribution in [3.8, 4) is 0 Å². The van der Waals surface area contributed by atoms with Crippen molar-refractivity contribution >= 4 is 6.09 Å². The Morgan fingerprint density at radius 2 is 2.00 bits per heavy atom. The van der Waals surface area contributed by atoms with E-state index in [0.717, 1.165) is 32.5 Å². The number of nitrogens with zero attached hydrogens (tertiary/aromatic N) is 1. The number of nitrogens with one attached hydrogen (secondary N) is 1. The summed E-state index contributed by atoms with van der Waals surface area (Å²) >= 11 is 0. The van der Waals surface area contributed by atoms with Crippen molar-refractivity contribution in [2.75, 3.05) is 26.7 Å². The molecule has 0 spiro atoms. The van der Waals surface area contributed by atoms with Gasteiger partial charge in [0.05, 0.1) is 0 Å². The molecule has 18 heavy (non-hydrogen) atoms. The van der Waals surface area contributed by atoms with Gasteiger partial charge in [0.25, 0.3) is 0 Å². The quantitative estimate of drug-likeness (QED) is 0.786. The monoisotopic (exact) mass is 254 g/mol. The average molecular weight is 254 g/mol. The van der Waals surface area contributed by atoms with Crippen molar-refractivity contribution in [1.82, 2.24) is 10.2 Å². The van der Waals surface area contributed by atoms with Crippen molar-refractivity contribution in [1.29, 1.82) is 0 Å². The number of carbonyl (C=O) groups excluding carboxylic acids is 1. The molecule has 0 bridgehead atoms. The van der Waals surface area contributed by atoms with E-state index in [1.54, 1.807) is 0 Å². The summed E-state index contributed by atoms with van der Waals surface area (Å²) in [5.74, 6) is 0.594. The van der Waals surface area contributed by atoms with Crippen LogP contribution in [-0.2, 0) is 4.74 Å². The number of likely N-dealkylation sites (tertiary alicyclic amines) is 1. The molecule has 1 aliphatic rings. The van der Waals surface area contributed by atoms with Crippen LogP contribution in [0.4, 0.5) is 4.79 Å². The van der Waals surface area contributed by atoms with Gasteiger partial charge in [-0.2, -0.15) is 0 Å². The Hall–Kier alpha value is -1.03. The molecule has 0 aliphatic carbocycles. The summed E-state index contributed by atoms with van der Waals surface area (Å²) in [7, 11) is 1.94. The van der Waals surface area contributed by atoms with Crippen LogP contribution < -0.4 is 5.32 Å². The van der Waals surface area contributed by atoms with E-state index in [1.807, 2.05) is 32.7 Å². The van der Waals surface area contributed by atoms with E-state index < -0.39 is 5.60 Å². The van der Waals surface area contributed by atoms with Crippen LogP contribution in [0.3, 0.4) is 0 Å². The van der Waals surface area contributed by atoms with Gasteiger partial charge in [0, 0.05) is 19.6 Å². The van der Waals surface area contributed by atoms with E-state index in [2.05, 4.69) is 17.5 Å². The van der Waals surface area contributed by atoms with Crippen molar-refractivity contribution in [2.45, 2.75) is 39.2 Å². The Labute approximate surface area is 110 Å². The van der Waals surface area contributed by atoms with Gasteiger partial charge in [-0.15, -0.1) is 0 Å². The maximum absolute atomic E-state index is 11.9. The Bertz CT molecular complexity index is 287. The minimum absolute atomic E-state index is 0.180. The molecule has 1 rings (SSSR count). The minimum atomic E-state index is -0.402. The molecular weight excluding hydrogens is 228 g/mol. The van der Waals surface area contributed by atoms with Gasteiger partial charge in [-0.1, -0.05) is 12.2 Å². The van der Waals surface area contributed by atoms with Gasteiger partial charge in [-0.3, -0.25) is 0 Å². The summed E-state index contributed by atoms with van der Waals surface area (Å²) in [6, 6.07) is 0. The van der Waals surface area contributed by atoms with E-state index in [0.29, 0.717) is 5.92 Å². The number of ether oxygens (including phenoxy) is 1. The molecule has 0 aromatic heterocycles. The summed E-state index contributed by atoms with van der Waals surface area (Å²) in [5, 5.41) is 3.09. The first kappa shape index (κ1) is 15.0. The molecule has 0 unspecified atom stereocenters. The molecule has 4 nitrogen and oxygen atoms in total. The first-order chi connectivity index (χ1) is 8.42. The molecule has 104 valence electrons. The molecule has 0 radical (unpaired) electrons. The second-order valence-electron chi connectivity index (χ2n) is 5.79. The summed E-state index contributed by atoms with van der Waals surface area (Å²) in [6.45, 7) is 8.20. The van der Waals surface area contributed by atoms with Crippen LogP contribution in [0.1, 0.15) is 33.6 Å². The Morgan fingerprint density at radius 1 is 1.39 bits per heavy atom. The molecule has 1 heterocycles. The van der Waals surface area contributed by atoms with Crippen LogP contribution in [-0.4, -0.2) is 43.3 Å². The third kappa shape index (κ3) is 5.54. The normalized spacial score (nSPS) is 18.3. The van der Waals surface area contributed by atoms with Crippen molar-refractivity contribution in [2.24, 2.45) is 5.92 Å². The molecule has 1 fully saturated rings. The van der Waals surface area contributed by atoms with Crippen LogP contribution in [0.5, 0.6) is 0 Å². The maximum atomic E-state index is 11.9. The average Bonchev–Trinajstić information content (AvgIpc) is 2.28. The van der Waals surface area contributed by atoms with Crippen molar-refractivity contribution < 1.29 is 9.53 Å². The second-order valence-corrected chi connectivity index (χ2v) is 5.79. The molecule has 0 saturated carbocycles. The number of likely N-dealkylation sites (N-methyl/N-ethyl adjacent to an activating group) is 1. The van der Waals surface area contributed by atoms with E-state index in [9.17, 15) is 4.79 Å². The number of rotatable bonds is 3. The van der Waals surface area contributed by atoms with Gasteiger partial charge in [0.15, 0.2) is 0 Å². The topological polar surface area (TPSA) is 41.6 Å². The predicted octanol–water partition coefficient (Wildman–Crippen LogP) is 2.41. The van der Waals surface area contributed by atoms with E-state index in [1.165, 1.54) is 0 Å². The smallest absolute Gasteiger partial charge is 0.410 e. The molecular formula is C14H26N2O2. The minimum Gasteiger partial charge on any atom is -0.444 e. The van der Waals surface area contributed by atoms with Crippen LogP contribution in [0.2, 0.25) is 0 Å². The number of hydrogen-bond donors (Lipinski definition) is 1. The van der Waals surface area contributed by atoms with E-state index in [-0.39, 0.29) is 6.09 Å². The molecule has 4 heteroatoms. The Morgan fingerprint density at radius 3 is 2.50 bits per heavy atom. The molecule has 0 aromatic rings. The van der Waals surface area contributed by atoms with Crippen molar-refractivity contribution in [3.05, 3.63) is 12.2 Å². The lowest BCUT2D eigenvalue weighted by Gasteiger charge is -2.32. The molecule has 1 amide bonds. The zero-order chi connectivity index (χ0) is 13.6. The van der Waals surface area contributed by atoms with Gasteiger partial charge in [-0.05, 0) is 46.6 Å². The van der Waals surface area contributed by atoms with Crippen LogP contribution in [0, 0.1) is 5.92 Å². The number of piperidine rings is 1. The van der Waals surface area contributed by atoms with Crippen molar-refractivity contribution in [3.63, 3.8) is 0 Å². The first-order valence-corrected chi connectivity index (χ1v) is 6.71. The SMILES string of the molecule is CNC/C=C/C1CCN(C(=O)OC(C)(C)C)CC1. The number of hydrogen-bond acceptors (Lipinski definition) is 3. The van der Waals surface area contributed by atoms with Gasteiger partial charge in [-0.25, -0.2) is 4.79 Å². The van der Waals surface area contributed by atoms with E-state index in [4.69, 9.17) is 4.74 Å². The molecule has 0 aromatic carbocycles. The number of carbonyl (C=O) groups is 1. The molecule has 0 atom stereocenters. The fourth-order valence-electron chi connectivity index (χ4n) is 1.98. The first-order valence-electron chi connectivity index (χ1n) is 6.71. The highest BCUT2D eigenvalue weighted by atomic mass is 16.6. The molecule has 1 N–H and O–H groups in total. The largest absolute Gasteiger partial charge is 0.444 e. The van der Waals surface area contributed by atoms with Gasteiger partial charge in [0.1, 0.15) is 5.60 Å². The predicted molar refractivity (Wildman–Crippen MR) is 73.6 cm³/mol. The number of amides is 1. The van der Waals surface area contributed by atoms with Crippen LogP contribution in [0.25, 0.3) is 0 Å². The zero-order valence-electron chi connectivity index (χ0n) is 12.0. The summed E-state index contributed by atoms with van der Waals surface area (Å²) < 4.78 is 5.37.